The van der Waals surface area contributed by atoms with Crippen molar-refractivity contribution < 1.29 is 9.84 Å². The molecule has 0 bridgehead atoms. The fourth-order valence-corrected chi connectivity index (χ4v) is 4.18. The molecule has 0 saturated carbocycles. The number of unbranched alkanes of at least 4 members (excludes halogenated alkanes) is 1. The molecule has 1 aliphatic rings. The molecule has 0 spiro atoms. The van der Waals surface area contributed by atoms with Gasteiger partial charge in [-0.05, 0) is 41.8 Å². The molecule has 0 saturated heterocycles. The Hall–Kier alpha value is -1.10. The first-order valence-corrected chi connectivity index (χ1v) is 10.5. The average Bonchev–Trinajstić information content (AvgIpc) is 3.04. The zero-order valence-electron chi connectivity index (χ0n) is 16.0. The number of aliphatic imine (C=N–C) groups is 1. The molecular formula is C22H24Cl3NO2. The number of nitrogens with zero attached hydrogens (tertiary/aromatic N) is 1. The monoisotopic (exact) mass is 439 g/mol. The highest BCUT2D eigenvalue weighted by molar-refractivity contribution is 6.34. The average molecular weight is 441 g/mol. The van der Waals surface area contributed by atoms with E-state index in [0.29, 0.717) is 33.8 Å². The van der Waals surface area contributed by atoms with E-state index in [1.807, 2.05) is 30.3 Å². The van der Waals surface area contributed by atoms with Crippen molar-refractivity contribution in [3.63, 3.8) is 0 Å². The Morgan fingerprint density at radius 1 is 1.14 bits per heavy atom. The van der Waals surface area contributed by atoms with Gasteiger partial charge in [-0.1, -0.05) is 67.2 Å². The van der Waals surface area contributed by atoms with Crippen molar-refractivity contribution in [2.45, 2.75) is 44.8 Å². The molecule has 1 heterocycles. The molecule has 0 amide bonds. The van der Waals surface area contributed by atoms with Crippen LogP contribution in [0.15, 0.2) is 41.4 Å². The van der Waals surface area contributed by atoms with E-state index in [1.54, 1.807) is 6.07 Å². The van der Waals surface area contributed by atoms with E-state index in [0.717, 1.165) is 36.1 Å². The van der Waals surface area contributed by atoms with Crippen molar-refractivity contribution in [1.29, 1.82) is 0 Å². The van der Waals surface area contributed by atoms with Crippen molar-refractivity contribution in [1.82, 2.24) is 0 Å². The molecule has 0 aliphatic carbocycles. The number of rotatable bonds is 7. The first kappa shape index (κ1) is 21.6. The Morgan fingerprint density at radius 3 is 2.50 bits per heavy atom. The molecular weight excluding hydrogens is 417 g/mol. The van der Waals surface area contributed by atoms with Gasteiger partial charge in [-0.25, -0.2) is 0 Å². The Balaban J connectivity index is 1.75. The second-order valence-electron chi connectivity index (χ2n) is 7.47. The third-order valence-corrected chi connectivity index (χ3v) is 5.87. The summed E-state index contributed by atoms with van der Waals surface area (Å²) in [5.74, 6) is 0. The highest BCUT2D eigenvalue weighted by atomic mass is 35.5. The van der Waals surface area contributed by atoms with Gasteiger partial charge in [0.1, 0.15) is 0 Å². The van der Waals surface area contributed by atoms with E-state index in [4.69, 9.17) is 44.5 Å². The summed E-state index contributed by atoms with van der Waals surface area (Å²) < 4.78 is 5.44. The standard InChI is InChI=1S/C22H24Cl3NO2/c1-3-4-7-28-21(27)18-6-5-14(8-19(18)25)20-12-22(2,13-26-20)15-9-16(23)11-17(24)10-15/h5-6,8-11,21,27H,3-4,7,12-13H2,1-2H3. The van der Waals surface area contributed by atoms with Crippen molar-refractivity contribution in [3.8, 4) is 0 Å². The first-order chi connectivity index (χ1) is 13.3. The number of aliphatic hydroxyl groups excluding tert-OH is 1. The number of ether oxygens (including phenoxy) is 1. The highest BCUT2D eigenvalue weighted by Gasteiger charge is 2.34. The topological polar surface area (TPSA) is 41.8 Å². The van der Waals surface area contributed by atoms with Crippen LogP contribution in [0.25, 0.3) is 0 Å². The molecule has 2 unspecified atom stereocenters. The summed E-state index contributed by atoms with van der Waals surface area (Å²) in [5.41, 5.74) is 3.41. The molecule has 6 heteroatoms. The fourth-order valence-electron chi connectivity index (χ4n) is 3.38. The number of hydrogen-bond acceptors (Lipinski definition) is 3. The summed E-state index contributed by atoms with van der Waals surface area (Å²) in [6.45, 7) is 5.39. The van der Waals surface area contributed by atoms with Crippen LogP contribution in [0.1, 0.15) is 56.1 Å². The normalized spacial score (nSPS) is 20.3. The molecule has 0 fully saturated rings. The van der Waals surface area contributed by atoms with Crippen LogP contribution in [0.2, 0.25) is 15.1 Å². The fraction of sp³-hybridized carbons (Fsp3) is 0.409. The minimum Gasteiger partial charge on any atom is -0.364 e. The predicted octanol–water partition coefficient (Wildman–Crippen LogP) is 6.61. The predicted molar refractivity (Wildman–Crippen MR) is 117 cm³/mol. The van der Waals surface area contributed by atoms with Crippen LogP contribution in [-0.2, 0) is 10.2 Å². The van der Waals surface area contributed by atoms with Crippen molar-refractivity contribution in [2.24, 2.45) is 4.99 Å². The summed E-state index contributed by atoms with van der Waals surface area (Å²) >= 11 is 18.8. The third-order valence-electron chi connectivity index (χ3n) is 5.11. The molecule has 1 N–H and O–H groups in total. The van der Waals surface area contributed by atoms with Gasteiger partial charge in [-0.15, -0.1) is 0 Å². The maximum Gasteiger partial charge on any atom is 0.182 e. The van der Waals surface area contributed by atoms with E-state index in [2.05, 4.69) is 13.8 Å². The van der Waals surface area contributed by atoms with Gasteiger partial charge in [0.2, 0.25) is 0 Å². The molecule has 2 atom stereocenters. The van der Waals surface area contributed by atoms with Gasteiger partial charge < -0.3 is 9.84 Å². The lowest BCUT2D eigenvalue weighted by Crippen LogP contribution is -2.23. The van der Waals surface area contributed by atoms with Crippen LogP contribution in [0.4, 0.5) is 0 Å². The van der Waals surface area contributed by atoms with E-state index in [9.17, 15) is 5.11 Å². The van der Waals surface area contributed by atoms with Crippen molar-refractivity contribution in [2.75, 3.05) is 13.2 Å². The molecule has 2 aromatic carbocycles. The van der Waals surface area contributed by atoms with E-state index >= 15 is 0 Å². The summed E-state index contributed by atoms with van der Waals surface area (Å²) in [6.07, 6.45) is 1.65. The lowest BCUT2D eigenvalue weighted by Gasteiger charge is -2.24. The number of benzene rings is 2. The quantitative estimate of drug-likeness (QED) is 0.389. The summed E-state index contributed by atoms with van der Waals surface area (Å²) in [6, 6.07) is 11.2. The smallest absolute Gasteiger partial charge is 0.182 e. The molecule has 3 nitrogen and oxygen atoms in total. The van der Waals surface area contributed by atoms with E-state index < -0.39 is 6.29 Å². The summed E-state index contributed by atoms with van der Waals surface area (Å²) in [7, 11) is 0. The van der Waals surface area contributed by atoms with Gasteiger partial charge in [-0.2, -0.15) is 0 Å². The van der Waals surface area contributed by atoms with Crippen LogP contribution in [0, 0.1) is 0 Å². The molecule has 0 radical (unpaired) electrons. The number of aliphatic hydroxyl groups is 1. The second kappa shape index (κ2) is 9.15. The summed E-state index contributed by atoms with van der Waals surface area (Å²) in [5, 5.41) is 11.9. The molecule has 2 aromatic rings. The SMILES string of the molecule is CCCCOC(O)c1ccc(C2=NCC(C)(c3cc(Cl)cc(Cl)c3)C2)cc1Cl. The van der Waals surface area contributed by atoms with Crippen LogP contribution in [0.3, 0.4) is 0 Å². The highest BCUT2D eigenvalue weighted by Crippen LogP contribution is 2.38. The first-order valence-electron chi connectivity index (χ1n) is 9.42. The van der Waals surface area contributed by atoms with Crippen LogP contribution in [-0.4, -0.2) is 24.0 Å². The van der Waals surface area contributed by atoms with Gasteiger partial charge in [0.15, 0.2) is 6.29 Å². The molecule has 28 heavy (non-hydrogen) atoms. The lowest BCUT2D eigenvalue weighted by atomic mass is 9.79. The van der Waals surface area contributed by atoms with Crippen molar-refractivity contribution in [3.05, 3.63) is 68.2 Å². The lowest BCUT2D eigenvalue weighted by molar-refractivity contribution is -0.103. The molecule has 150 valence electrons. The molecule has 0 aromatic heterocycles. The number of hydrogen-bond donors (Lipinski definition) is 1. The zero-order chi connectivity index (χ0) is 20.3. The molecule has 1 aliphatic heterocycles. The maximum absolute atomic E-state index is 10.2. The van der Waals surface area contributed by atoms with Crippen LogP contribution >= 0.6 is 34.8 Å². The maximum atomic E-state index is 10.2. The van der Waals surface area contributed by atoms with Crippen LogP contribution < -0.4 is 0 Å². The Labute approximate surface area is 181 Å². The van der Waals surface area contributed by atoms with Gasteiger partial charge in [0, 0.05) is 44.7 Å². The van der Waals surface area contributed by atoms with Gasteiger partial charge in [0.25, 0.3) is 0 Å². The Bertz CT molecular complexity index is 864. The Morgan fingerprint density at radius 2 is 1.86 bits per heavy atom. The third kappa shape index (κ3) is 4.90. The van der Waals surface area contributed by atoms with Gasteiger partial charge in [-0.3, -0.25) is 4.99 Å². The van der Waals surface area contributed by atoms with E-state index in [-0.39, 0.29) is 5.41 Å². The Kier molecular flexibility index (Phi) is 7.06. The minimum atomic E-state index is -1.02. The van der Waals surface area contributed by atoms with E-state index in [1.165, 1.54) is 0 Å². The van der Waals surface area contributed by atoms with Crippen molar-refractivity contribution >= 4 is 40.5 Å². The van der Waals surface area contributed by atoms with Gasteiger partial charge >= 0.3 is 0 Å². The molecule has 3 rings (SSSR count). The second-order valence-corrected chi connectivity index (χ2v) is 8.75. The minimum absolute atomic E-state index is 0.169. The number of halogens is 3. The van der Waals surface area contributed by atoms with Crippen LogP contribution in [0.5, 0.6) is 0 Å². The largest absolute Gasteiger partial charge is 0.364 e. The van der Waals surface area contributed by atoms with Gasteiger partial charge in [0.05, 0.1) is 6.61 Å². The zero-order valence-corrected chi connectivity index (χ0v) is 18.3. The summed E-state index contributed by atoms with van der Waals surface area (Å²) in [4.78, 5) is 4.75.